The predicted molar refractivity (Wildman–Crippen MR) is 52.0 cm³/mol. The fraction of sp³-hybridized carbons (Fsp3) is 0.143. The minimum absolute atomic E-state index is 0.0730. The smallest absolute Gasteiger partial charge is 0.267 e. The van der Waals surface area contributed by atoms with E-state index in [2.05, 4.69) is 4.98 Å². The van der Waals surface area contributed by atoms with E-state index >= 15 is 0 Å². The number of nitrogens with two attached hydrogens (primary N) is 1. The van der Waals surface area contributed by atoms with Gasteiger partial charge in [0.05, 0.1) is 5.69 Å². The Labute approximate surface area is 89.8 Å². The Morgan fingerprint density at radius 1 is 1.38 bits per heavy atom. The molecule has 0 aromatic carbocycles. The molecule has 2 N–H and O–H groups in total. The Balaban J connectivity index is 3.13. The lowest BCUT2D eigenvalue weighted by Gasteiger charge is -2.09. The molecule has 0 aliphatic heterocycles. The average molecular weight is 239 g/mol. The number of aromatic nitrogens is 1. The van der Waals surface area contributed by atoms with Crippen molar-refractivity contribution in [2.24, 2.45) is 5.73 Å². The Morgan fingerprint density at radius 2 is 2.00 bits per heavy atom. The van der Waals surface area contributed by atoms with Crippen LogP contribution in [0.15, 0.2) is 18.2 Å². The zero-order valence-corrected chi connectivity index (χ0v) is 8.57. The highest BCUT2D eigenvalue weighted by atomic mass is 35.6. The number of amides is 1. The summed E-state index contributed by atoms with van der Waals surface area (Å²) in [5, 5.41) is 0. The maximum absolute atomic E-state index is 10.7. The first-order valence-corrected chi connectivity index (χ1v) is 4.38. The zero-order chi connectivity index (χ0) is 10.1. The van der Waals surface area contributed by atoms with Crippen LogP contribution in [-0.2, 0) is 3.79 Å². The molecule has 1 aromatic rings. The number of primary amides is 1. The van der Waals surface area contributed by atoms with Gasteiger partial charge in [0.2, 0.25) is 3.79 Å². The maximum atomic E-state index is 10.7. The molecule has 3 nitrogen and oxygen atoms in total. The van der Waals surface area contributed by atoms with E-state index in [-0.39, 0.29) is 11.4 Å². The highest BCUT2D eigenvalue weighted by Gasteiger charge is 2.24. The second-order valence-corrected chi connectivity index (χ2v) is 4.55. The molecule has 1 aromatic heterocycles. The number of alkyl halides is 3. The fourth-order valence-electron chi connectivity index (χ4n) is 0.730. The largest absolute Gasteiger partial charge is 0.364 e. The summed E-state index contributed by atoms with van der Waals surface area (Å²) < 4.78 is -1.63. The molecule has 0 aliphatic rings. The topological polar surface area (TPSA) is 56.0 Å². The monoisotopic (exact) mass is 238 g/mol. The highest BCUT2D eigenvalue weighted by molar-refractivity contribution is 6.66. The summed E-state index contributed by atoms with van der Waals surface area (Å²) in [4.78, 5) is 14.5. The van der Waals surface area contributed by atoms with E-state index in [0.717, 1.165) is 0 Å². The number of halogens is 3. The van der Waals surface area contributed by atoms with Crippen molar-refractivity contribution in [3.8, 4) is 0 Å². The molecular formula is C7H5Cl3N2O. The second-order valence-electron chi connectivity index (χ2n) is 2.27. The van der Waals surface area contributed by atoms with E-state index in [1.165, 1.54) is 12.1 Å². The summed E-state index contributed by atoms with van der Waals surface area (Å²) in [6, 6.07) is 4.49. The van der Waals surface area contributed by atoms with Gasteiger partial charge in [-0.25, -0.2) is 4.98 Å². The first kappa shape index (κ1) is 10.6. The van der Waals surface area contributed by atoms with Crippen molar-refractivity contribution in [1.82, 2.24) is 4.98 Å². The molecule has 0 radical (unpaired) electrons. The molecular weight excluding hydrogens is 234 g/mol. The molecule has 0 fully saturated rings. The molecule has 0 unspecified atom stereocenters. The van der Waals surface area contributed by atoms with E-state index < -0.39 is 9.70 Å². The van der Waals surface area contributed by atoms with Crippen molar-refractivity contribution in [1.29, 1.82) is 0 Å². The van der Waals surface area contributed by atoms with E-state index in [9.17, 15) is 4.79 Å². The molecule has 6 heteroatoms. The summed E-state index contributed by atoms with van der Waals surface area (Å²) in [6.45, 7) is 0. The number of pyridine rings is 1. The molecule has 0 spiro atoms. The van der Waals surface area contributed by atoms with Crippen LogP contribution >= 0.6 is 34.8 Å². The molecule has 0 saturated heterocycles. The number of carbonyl (C=O) groups is 1. The molecule has 0 saturated carbocycles. The third-order valence-corrected chi connectivity index (χ3v) is 1.87. The lowest BCUT2D eigenvalue weighted by molar-refractivity contribution is 0.0995. The first-order valence-electron chi connectivity index (χ1n) is 3.25. The van der Waals surface area contributed by atoms with Gasteiger partial charge < -0.3 is 5.73 Å². The highest BCUT2D eigenvalue weighted by Crippen LogP contribution is 2.36. The number of rotatable bonds is 1. The van der Waals surface area contributed by atoms with Crippen molar-refractivity contribution >= 4 is 40.7 Å². The zero-order valence-electron chi connectivity index (χ0n) is 6.30. The van der Waals surface area contributed by atoms with Gasteiger partial charge in [0.25, 0.3) is 5.91 Å². The van der Waals surface area contributed by atoms with Gasteiger partial charge in [0.15, 0.2) is 0 Å². The van der Waals surface area contributed by atoms with Gasteiger partial charge in [0, 0.05) is 0 Å². The van der Waals surface area contributed by atoms with Gasteiger partial charge in [-0.15, -0.1) is 0 Å². The molecule has 1 rings (SSSR count). The van der Waals surface area contributed by atoms with Crippen molar-refractivity contribution in [3.63, 3.8) is 0 Å². The standard InChI is InChI=1S/C7H5Cl3N2O/c8-7(9,10)5-3-1-2-4(12-5)6(11)13/h1-3H,(H2,11,13). The van der Waals surface area contributed by atoms with Gasteiger partial charge in [-0.2, -0.15) is 0 Å². The van der Waals surface area contributed by atoms with Crippen LogP contribution in [0, 0.1) is 0 Å². The van der Waals surface area contributed by atoms with Crippen molar-refractivity contribution in [2.45, 2.75) is 3.79 Å². The van der Waals surface area contributed by atoms with E-state index in [4.69, 9.17) is 40.5 Å². The van der Waals surface area contributed by atoms with Crippen LogP contribution in [0.5, 0.6) is 0 Å². The SMILES string of the molecule is NC(=O)c1cccc(C(Cl)(Cl)Cl)n1. The van der Waals surface area contributed by atoms with Crippen molar-refractivity contribution in [2.75, 3.05) is 0 Å². The van der Waals surface area contributed by atoms with Crippen LogP contribution in [0.3, 0.4) is 0 Å². The molecule has 70 valence electrons. The fourth-order valence-corrected chi connectivity index (χ4v) is 1.05. The minimum Gasteiger partial charge on any atom is -0.364 e. The van der Waals surface area contributed by atoms with Gasteiger partial charge >= 0.3 is 0 Å². The summed E-state index contributed by atoms with van der Waals surface area (Å²) in [5.41, 5.74) is 5.24. The van der Waals surface area contributed by atoms with Crippen molar-refractivity contribution in [3.05, 3.63) is 29.6 Å². The lowest BCUT2D eigenvalue weighted by Crippen LogP contribution is -2.15. The van der Waals surface area contributed by atoms with E-state index in [1.807, 2.05) is 0 Å². The average Bonchev–Trinajstić information content (AvgIpc) is 2.03. The maximum Gasteiger partial charge on any atom is 0.267 e. The summed E-state index contributed by atoms with van der Waals surface area (Å²) in [7, 11) is 0. The van der Waals surface area contributed by atoms with Gasteiger partial charge in [0.1, 0.15) is 5.69 Å². The predicted octanol–water partition coefficient (Wildman–Crippen LogP) is 2.01. The van der Waals surface area contributed by atoms with Gasteiger partial charge in [-0.05, 0) is 12.1 Å². The third-order valence-electron chi connectivity index (χ3n) is 1.29. The van der Waals surface area contributed by atoms with Crippen molar-refractivity contribution < 1.29 is 4.79 Å². The number of hydrogen-bond donors (Lipinski definition) is 1. The minimum atomic E-state index is -1.63. The Bertz CT molecular complexity index is 335. The molecule has 0 aliphatic carbocycles. The van der Waals surface area contributed by atoms with Crippen LogP contribution in [0.1, 0.15) is 16.2 Å². The third kappa shape index (κ3) is 2.72. The summed E-state index contributed by atoms with van der Waals surface area (Å²) >= 11 is 16.7. The van der Waals surface area contributed by atoms with Gasteiger partial charge in [-0.1, -0.05) is 40.9 Å². The summed E-state index contributed by atoms with van der Waals surface area (Å²) in [6.07, 6.45) is 0. The van der Waals surface area contributed by atoms with Crippen LogP contribution in [-0.4, -0.2) is 10.9 Å². The molecule has 0 bridgehead atoms. The molecule has 0 atom stereocenters. The second kappa shape index (κ2) is 3.70. The normalized spacial score (nSPS) is 11.3. The van der Waals surface area contributed by atoms with E-state index in [1.54, 1.807) is 6.07 Å². The molecule has 13 heavy (non-hydrogen) atoms. The number of hydrogen-bond acceptors (Lipinski definition) is 2. The molecule has 1 amide bonds. The van der Waals surface area contributed by atoms with Crippen LogP contribution in [0.4, 0.5) is 0 Å². The quantitative estimate of drug-likeness (QED) is 0.762. The van der Waals surface area contributed by atoms with E-state index in [0.29, 0.717) is 0 Å². The Kier molecular flexibility index (Phi) is 3.01. The van der Waals surface area contributed by atoms with Crippen LogP contribution < -0.4 is 5.73 Å². The van der Waals surface area contributed by atoms with Gasteiger partial charge in [-0.3, -0.25) is 4.79 Å². The Morgan fingerprint density at radius 3 is 2.46 bits per heavy atom. The number of nitrogens with zero attached hydrogens (tertiary/aromatic N) is 1. The summed E-state index contributed by atoms with van der Waals surface area (Å²) in [5.74, 6) is -0.656. The number of carbonyl (C=O) groups excluding carboxylic acids is 1. The first-order chi connectivity index (χ1) is 5.91. The molecule has 1 heterocycles. The lowest BCUT2D eigenvalue weighted by atomic mass is 10.3. The van der Waals surface area contributed by atoms with Crippen LogP contribution in [0.25, 0.3) is 0 Å². The Hall–Kier alpha value is -0.510. The van der Waals surface area contributed by atoms with Crippen LogP contribution in [0.2, 0.25) is 0 Å².